The predicted molar refractivity (Wildman–Crippen MR) is 82.7 cm³/mol. The van der Waals surface area contributed by atoms with Gasteiger partial charge in [0.25, 0.3) is 0 Å². The summed E-state index contributed by atoms with van der Waals surface area (Å²) in [6, 6.07) is 0. The van der Waals surface area contributed by atoms with Crippen LogP contribution in [0.15, 0.2) is 0 Å². The van der Waals surface area contributed by atoms with Crippen molar-refractivity contribution in [1.29, 1.82) is 5.26 Å². The van der Waals surface area contributed by atoms with E-state index in [4.69, 9.17) is 14.7 Å². The average molecular weight is 325 g/mol. The molecule has 0 saturated heterocycles. The van der Waals surface area contributed by atoms with Gasteiger partial charge in [0, 0.05) is 5.92 Å². The second-order valence-corrected chi connectivity index (χ2v) is 7.79. The fraction of sp³-hybridized carbons (Fsp3) is 0.812. The minimum atomic E-state index is -0.869. The van der Waals surface area contributed by atoms with Gasteiger partial charge in [0.2, 0.25) is 6.10 Å². The van der Waals surface area contributed by atoms with Crippen LogP contribution in [0.4, 0.5) is 0 Å². The molecule has 0 radical (unpaired) electrons. The van der Waals surface area contributed by atoms with E-state index in [-0.39, 0.29) is 22.5 Å². The molecule has 4 atom stereocenters. The van der Waals surface area contributed by atoms with Gasteiger partial charge < -0.3 is 9.47 Å². The molecule has 2 unspecified atom stereocenters. The van der Waals surface area contributed by atoms with E-state index in [9.17, 15) is 9.59 Å². The van der Waals surface area contributed by atoms with Crippen LogP contribution in [0.1, 0.15) is 40.0 Å². The molecular weight excluding hydrogens is 302 g/mol. The van der Waals surface area contributed by atoms with Gasteiger partial charge in [0.05, 0.1) is 7.11 Å². The summed E-state index contributed by atoms with van der Waals surface area (Å²) in [5.41, 5.74) is 0.0803. The molecule has 0 aliphatic heterocycles. The van der Waals surface area contributed by atoms with Crippen LogP contribution in [-0.4, -0.2) is 30.9 Å². The van der Waals surface area contributed by atoms with E-state index in [2.05, 4.69) is 20.8 Å². The lowest BCUT2D eigenvalue weighted by molar-refractivity contribution is -0.172. The fourth-order valence-corrected chi connectivity index (χ4v) is 4.65. The van der Waals surface area contributed by atoms with Gasteiger partial charge in [-0.1, -0.05) is 20.8 Å². The zero-order valence-corrected chi connectivity index (χ0v) is 14.4. The number of thioether (sulfide) groups is 1. The van der Waals surface area contributed by atoms with Crippen LogP contribution in [0, 0.1) is 33.3 Å². The van der Waals surface area contributed by atoms with Crippen molar-refractivity contribution < 1.29 is 19.1 Å². The molecule has 6 heteroatoms. The lowest BCUT2D eigenvalue weighted by atomic mass is 9.65. The third-order valence-corrected chi connectivity index (χ3v) is 6.68. The maximum Gasteiger partial charge on any atom is 0.347 e. The van der Waals surface area contributed by atoms with Crippen LogP contribution in [-0.2, 0) is 19.1 Å². The molecule has 0 spiro atoms. The number of nitriles is 1. The first-order chi connectivity index (χ1) is 10.3. The average Bonchev–Trinajstić information content (AvgIpc) is 2.82. The van der Waals surface area contributed by atoms with Crippen molar-refractivity contribution in [2.75, 3.05) is 12.9 Å². The molecular formula is C16H23NO4S. The minimum absolute atomic E-state index is 0.0234. The molecule has 2 aliphatic rings. The number of hydrogen-bond donors (Lipinski definition) is 0. The zero-order valence-electron chi connectivity index (χ0n) is 13.5. The highest BCUT2D eigenvalue weighted by molar-refractivity contribution is 8.04. The SMILES string of the molecule is COC(=O)C(OC(=O)CSC#N)C1C[C@H]2CC[C@@]1(C)C2(C)C. The third kappa shape index (κ3) is 2.60. The van der Waals surface area contributed by atoms with E-state index >= 15 is 0 Å². The summed E-state index contributed by atoms with van der Waals surface area (Å²) in [6.45, 7) is 6.68. The first-order valence-corrected chi connectivity index (χ1v) is 8.54. The number of ether oxygens (including phenoxy) is 2. The Morgan fingerprint density at radius 1 is 1.41 bits per heavy atom. The highest BCUT2D eigenvalue weighted by atomic mass is 32.2. The van der Waals surface area contributed by atoms with Gasteiger partial charge in [0.15, 0.2) is 0 Å². The van der Waals surface area contributed by atoms with E-state index < -0.39 is 18.0 Å². The van der Waals surface area contributed by atoms with Crippen molar-refractivity contribution in [2.24, 2.45) is 22.7 Å². The zero-order chi connectivity index (χ0) is 16.5. The molecule has 5 nitrogen and oxygen atoms in total. The topological polar surface area (TPSA) is 76.4 Å². The van der Waals surface area contributed by atoms with Crippen molar-refractivity contribution in [1.82, 2.24) is 0 Å². The Hall–Kier alpha value is -1.22. The molecule has 0 aromatic rings. The molecule has 0 N–H and O–H groups in total. The van der Waals surface area contributed by atoms with Crippen molar-refractivity contribution in [3.8, 4) is 5.40 Å². The molecule has 0 amide bonds. The van der Waals surface area contributed by atoms with Gasteiger partial charge in [-0.05, 0) is 47.8 Å². The molecule has 2 bridgehead atoms. The monoisotopic (exact) mass is 325 g/mol. The number of rotatable bonds is 5. The van der Waals surface area contributed by atoms with Crippen molar-refractivity contribution in [2.45, 2.75) is 46.1 Å². The van der Waals surface area contributed by atoms with Gasteiger partial charge in [-0.25, -0.2) is 4.79 Å². The molecule has 0 heterocycles. The van der Waals surface area contributed by atoms with Crippen LogP contribution in [0.5, 0.6) is 0 Å². The molecule has 122 valence electrons. The lowest BCUT2D eigenvalue weighted by Gasteiger charge is -2.41. The van der Waals surface area contributed by atoms with Crippen molar-refractivity contribution >= 4 is 23.7 Å². The first-order valence-electron chi connectivity index (χ1n) is 7.56. The van der Waals surface area contributed by atoms with Gasteiger partial charge in [-0.2, -0.15) is 5.26 Å². The van der Waals surface area contributed by atoms with E-state index in [1.54, 1.807) is 0 Å². The van der Waals surface area contributed by atoms with Crippen molar-refractivity contribution in [3.05, 3.63) is 0 Å². The van der Waals surface area contributed by atoms with E-state index in [1.165, 1.54) is 7.11 Å². The van der Waals surface area contributed by atoms with Crippen LogP contribution < -0.4 is 0 Å². The molecule has 0 aromatic carbocycles. The standard InChI is InChI=1S/C16H23NO4S/c1-15(2)10-5-6-16(15,3)11(7-10)13(14(19)20-4)21-12(18)8-22-9-17/h10-11,13H,5-8H2,1-4H3/t10-,11?,13?,16-/m1/s1. The van der Waals surface area contributed by atoms with Crippen LogP contribution in [0.25, 0.3) is 0 Å². The fourth-order valence-electron chi connectivity index (χ4n) is 4.40. The Bertz CT molecular complexity index is 513. The summed E-state index contributed by atoms with van der Waals surface area (Å²) in [4.78, 5) is 24.0. The van der Waals surface area contributed by atoms with Crippen LogP contribution >= 0.6 is 11.8 Å². The van der Waals surface area contributed by atoms with E-state index in [0.29, 0.717) is 5.92 Å². The summed E-state index contributed by atoms with van der Waals surface area (Å²) >= 11 is 0.813. The number of thiocyanates is 1. The Kier molecular flexibility index (Phi) is 4.76. The molecule has 2 aliphatic carbocycles. The molecule has 22 heavy (non-hydrogen) atoms. The summed E-state index contributed by atoms with van der Waals surface area (Å²) < 4.78 is 10.3. The number of hydrogen-bond acceptors (Lipinski definition) is 6. The van der Waals surface area contributed by atoms with Crippen molar-refractivity contribution in [3.63, 3.8) is 0 Å². The Labute approximate surface area is 135 Å². The Morgan fingerprint density at radius 2 is 2.09 bits per heavy atom. The van der Waals surface area contributed by atoms with E-state index in [1.807, 2.05) is 5.40 Å². The number of carbonyl (C=O) groups excluding carboxylic acids is 2. The van der Waals surface area contributed by atoms with Crippen LogP contribution in [0.2, 0.25) is 0 Å². The smallest absolute Gasteiger partial charge is 0.347 e. The minimum Gasteiger partial charge on any atom is -0.466 e. The summed E-state index contributed by atoms with van der Waals surface area (Å²) in [5.74, 6) is -0.581. The van der Waals surface area contributed by atoms with Gasteiger partial charge in [0.1, 0.15) is 11.2 Å². The summed E-state index contributed by atoms with van der Waals surface area (Å²) in [7, 11) is 1.31. The van der Waals surface area contributed by atoms with Gasteiger partial charge in [-0.15, -0.1) is 0 Å². The molecule has 2 rings (SSSR count). The second-order valence-electron chi connectivity index (χ2n) is 7.03. The third-order valence-electron chi connectivity index (χ3n) is 6.17. The number of esters is 2. The highest BCUT2D eigenvalue weighted by Gasteiger charge is 2.64. The summed E-state index contributed by atoms with van der Waals surface area (Å²) in [6.07, 6.45) is 2.20. The molecule has 2 fully saturated rings. The Morgan fingerprint density at radius 3 is 2.55 bits per heavy atom. The lowest BCUT2D eigenvalue weighted by Crippen LogP contribution is -2.44. The largest absolute Gasteiger partial charge is 0.466 e. The highest BCUT2D eigenvalue weighted by Crippen LogP contribution is 2.69. The quantitative estimate of drug-likeness (QED) is 0.571. The van der Waals surface area contributed by atoms with Gasteiger partial charge >= 0.3 is 11.9 Å². The number of methoxy groups -OCH3 is 1. The number of nitrogens with zero attached hydrogens (tertiary/aromatic N) is 1. The number of carbonyl (C=O) groups is 2. The molecule has 2 saturated carbocycles. The summed E-state index contributed by atoms with van der Waals surface area (Å²) in [5, 5.41) is 10.4. The molecule has 0 aromatic heterocycles. The predicted octanol–water partition coefficient (Wildman–Crippen LogP) is 2.75. The second kappa shape index (κ2) is 6.11. The van der Waals surface area contributed by atoms with E-state index in [0.717, 1.165) is 31.0 Å². The normalized spacial score (nSPS) is 33.0. The Balaban J connectivity index is 2.19. The number of fused-ring (bicyclic) bond motifs is 2. The van der Waals surface area contributed by atoms with Crippen LogP contribution in [0.3, 0.4) is 0 Å². The maximum absolute atomic E-state index is 12.2. The first kappa shape index (κ1) is 17.1. The van der Waals surface area contributed by atoms with Gasteiger partial charge in [-0.3, -0.25) is 4.79 Å². The maximum atomic E-state index is 12.2.